The van der Waals surface area contributed by atoms with E-state index < -0.39 is 5.82 Å². The number of benzene rings is 1. The summed E-state index contributed by atoms with van der Waals surface area (Å²) in [4.78, 5) is 11.0. The van der Waals surface area contributed by atoms with Crippen molar-refractivity contribution in [2.45, 2.75) is 13.3 Å². The van der Waals surface area contributed by atoms with Crippen LogP contribution >= 0.6 is 0 Å². The minimum absolute atomic E-state index is 0.0783. The summed E-state index contributed by atoms with van der Waals surface area (Å²) in [5, 5.41) is 0. The summed E-state index contributed by atoms with van der Waals surface area (Å²) < 4.78 is 13.6. The summed E-state index contributed by atoms with van der Waals surface area (Å²) in [7, 11) is 0. The number of halogens is 1. The lowest BCUT2D eigenvalue weighted by Crippen LogP contribution is -1.99. The highest BCUT2D eigenvalue weighted by Crippen LogP contribution is 2.12. The first-order valence-electron chi connectivity index (χ1n) is 4.65. The first kappa shape index (κ1) is 11.4. The maximum Gasteiger partial charge on any atom is 0.162 e. The van der Waals surface area contributed by atoms with Gasteiger partial charge in [-0.05, 0) is 19.1 Å². The van der Waals surface area contributed by atoms with Crippen LogP contribution in [0.4, 0.5) is 4.39 Å². The Kier molecular flexibility index (Phi) is 4.02. The van der Waals surface area contributed by atoms with Gasteiger partial charge in [0, 0.05) is 13.0 Å². The Bertz CT molecular complexity index is 429. The smallest absolute Gasteiger partial charge is 0.162 e. The maximum atomic E-state index is 13.6. The second-order valence-electron chi connectivity index (χ2n) is 3.06. The summed E-state index contributed by atoms with van der Waals surface area (Å²) in [6.07, 6.45) is 0.518. The fourth-order valence-electron chi connectivity index (χ4n) is 1.13. The Morgan fingerprint density at radius 1 is 1.53 bits per heavy atom. The molecular weight excluding hydrogens is 193 g/mol. The van der Waals surface area contributed by atoms with E-state index in [1.54, 1.807) is 12.1 Å². The Morgan fingerprint density at radius 2 is 2.27 bits per heavy atom. The quantitative estimate of drug-likeness (QED) is 0.590. The van der Waals surface area contributed by atoms with Crippen LogP contribution in [0, 0.1) is 17.7 Å². The lowest BCUT2D eigenvalue weighted by molar-refractivity contribution is 0.101. The summed E-state index contributed by atoms with van der Waals surface area (Å²) in [6.45, 7) is 1.77. The molecule has 0 radical (unpaired) electrons. The third kappa shape index (κ3) is 2.90. The van der Waals surface area contributed by atoms with Crippen LogP contribution in [0.25, 0.3) is 0 Å². The second-order valence-corrected chi connectivity index (χ2v) is 3.06. The van der Waals surface area contributed by atoms with Gasteiger partial charge in [0.25, 0.3) is 0 Å². The molecule has 2 nitrogen and oxygen atoms in total. The van der Waals surface area contributed by atoms with Gasteiger partial charge in [-0.25, -0.2) is 4.39 Å². The molecule has 0 aromatic heterocycles. The average Bonchev–Trinajstić information content (AvgIpc) is 2.20. The summed E-state index contributed by atoms with van der Waals surface area (Å²) in [5.41, 5.74) is 5.58. The number of Topliss-reactive ketones (excluding diaryl/α,β-unsaturated/α-hetero) is 1. The van der Waals surface area contributed by atoms with E-state index in [0.29, 0.717) is 13.0 Å². The molecule has 0 amide bonds. The summed E-state index contributed by atoms with van der Waals surface area (Å²) in [5.74, 6) is 4.54. The number of hydrogen-bond acceptors (Lipinski definition) is 2. The van der Waals surface area contributed by atoms with Crippen molar-refractivity contribution < 1.29 is 9.18 Å². The number of nitrogens with two attached hydrogens (primary N) is 1. The van der Waals surface area contributed by atoms with E-state index in [2.05, 4.69) is 11.8 Å². The molecule has 0 aliphatic heterocycles. The van der Waals surface area contributed by atoms with Crippen molar-refractivity contribution >= 4 is 5.78 Å². The van der Waals surface area contributed by atoms with Crippen molar-refractivity contribution in [3.63, 3.8) is 0 Å². The normalized spacial score (nSPS) is 9.27. The Balaban J connectivity index is 3.06. The van der Waals surface area contributed by atoms with Crippen molar-refractivity contribution in [3.8, 4) is 11.8 Å². The minimum atomic E-state index is -0.547. The predicted molar refractivity (Wildman–Crippen MR) is 57.0 cm³/mol. The fraction of sp³-hybridized carbons (Fsp3) is 0.250. The molecule has 0 atom stereocenters. The molecule has 2 N–H and O–H groups in total. The Hall–Kier alpha value is -1.66. The van der Waals surface area contributed by atoms with Gasteiger partial charge in [-0.15, -0.1) is 0 Å². The van der Waals surface area contributed by atoms with E-state index >= 15 is 0 Å². The van der Waals surface area contributed by atoms with Crippen molar-refractivity contribution in [3.05, 3.63) is 35.1 Å². The largest absolute Gasteiger partial charge is 0.330 e. The molecule has 1 rings (SSSR count). The molecule has 1 aromatic rings. The third-order valence-corrected chi connectivity index (χ3v) is 1.87. The van der Waals surface area contributed by atoms with Crippen LogP contribution in [0.15, 0.2) is 18.2 Å². The standard InChI is InChI=1S/C12H12FNO/c1-9(15)11-7-4-6-10(12(11)13)5-2-3-8-14/h4,6-7H,3,8,14H2,1H3. The molecule has 78 valence electrons. The van der Waals surface area contributed by atoms with Gasteiger partial charge in [-0.3, -0.25) is 4.79 Å². The summed E-state index contributed by atoms with van der Waals surface area (Å²) in [6, 6.07) is 4.61. The maximum absolute atomic E-state index is 13.6. The fourth-order valence-corrected chi connectivity index (χ4v) is 1.13. The number of ketones is 1. The van der Waals surface area contributed by atoms with Gasteiger partial charge in [0.2, 0.25) is 0 Å². The molecule has 0 heterocycles. The highest BCUT2D eigenvalue weighted by molar-refractivity contribution is 5.94. The zero-order chi connectivity index (χ0) is 11.3. The van der Waals surface area contributed by atoms with E-state index in [0.717, 1.165) is 0 Å². The van der Waals surface area contributed by atoms with E-state index in [4.69, 9.17) is 5.73 Å². The first-order chi connectivity index (χ1) is 7.16. The average molecular weight is 205 g/mol. The van der Waals surface area contributed by atoms with Crippen molar-refractivity contribution in [2.75, 3.05) is 6.54 Å². The van der Waals surface area contributed by atoms with Crippen molar-refractivity contribution in [1.82, 2.24) is 0 Å². The number of carbonyl (C=O) groups is 1. The van der Waals surface area contributed by atoms with Crippen LogP contribution in [-0.2, 0) is 0 Å². The van der Waals surface area contributed by atoms with Crippen LogP contribution in [0.3, 0.4) is 0 Å². The molecule has 0 spiro atoms. The molecule has 0 bridgehead atoms. The van der Waals surface area contributed by atoms with E-state index in [9.17, 15) is 9.18 Å². The zero-order valence-electron chi connectivity index (χ0n) is 8.51. The van der Waals surface area contributed by atoms with Crippen molar-refractivity contribution in [1.29, 1.82) is 0 Å². The van der Waals surface area contributed by atoms with Crippen LogP contribution in [0.1, 0.15) is 29.3 Å². The molecule has 0 fully saturated rings. The Labute approximate surface area is 88.3 Å². The number of rotatable bonds is 2. The van der Waals surface area contributed by atoms with E-state index in [1.165, 1.54) is 13.0 Å². The van der Waals surface area contributed by atoms with Gasteiger partial charge in [-0.2, -0.15) is 0 Å². The van der Waals surface area contributed by atoms with Gasteiger partial charge >= 0.3 is 0 Å². The molecule has 0 saturated heterocycles. The predicted octanol–water partition coefficient (Wildman–Crippen LogP) is 1.73. The molecule has 15 heavy (non-hydrogen) atoms. The first-order valence-corrected chi connectivity index (χ1v) is 4.65. The molecule has 0 saturated carbocycles. The molecule has 1 aromatic carbocycles. The van der Waals surface area contributed by atoms with Gasteiger partial charge in [0.05, 0.1) is 11.1 Å². The van der Waals surface area contributed by atoms with Crippen molar-refractivity contribution in [2.24, 2.45) is 5.73 Å². The minimum Gasteiger partial charge on any atom is -0.330 e. The Morgan fingerprint density at radius 3 is 2.87 bits per heavy atom. The van der Waals surface area contributed by atoms with Gasteiger partial charge in [-0.1, -0.05) is 17.9 Å². The second kappa shape index (κ2) is 5.28. The van der Waals surface area contributed by atoms with Crippen LogP contribution in [0.2, 0.25) is 0 Å². The number of hydrogen-bond donors (Lipinski definition) is 1. The SMILES string of the molecule is CC(=O)c1cccc(C#CCCN)c1F. The molecule has 0 unspecified atom stereocenters. The van der Waals surface area contributed by atoms with Gasteiger partial charge in [0.15, 0.2) is 5.78 Å². The topological polar surface area (TPSA) is 43.1 Å². The van der Waals surface area contributed by atoms with Gasteiger partial charge in [0.1, 0.15) is 5.82 Å². The lowest BCUT2D eigenvalue weighted by atomic mass is 10.1. The number of carbonyl (C=O) groups excluding carboxylic acids is 1. The van der Waals surface area contributed by atoms with Crippen LogP contribution < -0.4 is 5.73 Å². The molecule has 0 aliphatic carbocycles. The molecule has 3 heteroatoms. The van der Waals surface area contributed by atoms with E-state index in [1.807, 2.05) is 0 Å². The van der Waals surface area contributed by atoms with Crippen LogP contribution in [0.5, 0.6) is 0 Å². The highest BCUT2D eigenvalue weighted by Gasteiger charge is 2.09. The monoisotopic (exact) mass is 205 g/mol. The van der Waals surface area contributed by atoms with E-state index in [-0.39, 0.29) is 16.9 Å². The highest BCUT2D eigenvalue weighted by atomic mass is 19.1. The summed E-state index contributed by atoms with van der Waals surface area (Å²) >= 11 is 0. The van der Waals surface area contributed by atoms with Gasteiger partial charge < -0.3 is 5.73 Å². The van der Waals surface area contributed by atoms with Crippen LogP contribution in [-0.4, -0.2) is 12.3 Å². The molecule has 0 aliphatic rings. The zero-order valence-corrected chi connectivity index (χ0v) is 8.51. The lowest BCUT2D eigenvalue weighted by Gasteiger charge is -1.99. The molecular formula is C12H12FNO. The third-order valence-electron chi connectivity index (χ3n) is 1.87.